The monoisotopic (exact) mass is 442 g/mol. The number of nitrogens with zero attached hydrogens (tertiary/aromatic N) is 1. The van der Waals surface area contributed by atoms with Crippen LogP contribution in [-0.2, 0) is 11.2 Å². The Kier molecular flexibility index (Phi) is 5.68. The standard InChI is InChI=1S/C26H22N2O5/c29-25(30)14-18-16-27-22-10-9-20(15-21(18)22)32-12-4-11-31-19-6-3-5-17(13-19)26-28-23-7-1-2-8-24(23)33-26/h1-3,5-10,13,15-16,27H,4,11-12,14H2,(H,29,30). The first-order valence-electron chi connectivity index (χ1n) is 10.7. The lowest BCUT2D eigenvalue weighted by Gasteiger charge is -2.09. The van der Waals surface area contributed by atoms with Gasteiger partial charge in [0.1, 0.15) is 17.0 Å². The number of fused-ring (bicyclic) bond motifs is 2. The molecule has 2 N–H and O–H groups in total. The highest BCUT2D eigenvalue weighted by molar-refractivity contribution is 5.88. The van der Waals surface area contributed by atoms with Gasteiger partial charge in [-0.3, -0.25) is 4.79 Å². The van der Waals surface area contributed by atoms with Crippen LogP contribution in [0.5, 0.6) is 11.5 Å². The summed E-state index contributed by atoms with van der Waals surface area (Å²) in [5.74, 6) is 1.14. The summed E-state index contributed by atoms with van der Waals surface area (Å²) in [7, 11) is 0. The third-order valence-electron chi connectivity index (χ3n) is 5.28. The first-order chi connectivity index (χ1) is 16.2. The fraction of sp³-hybridized carbons (Fsp3) is 0.154. The maximum absolute atomic E-state index is 11.0. The van der Waals surface area contributed by atoms with Crippen LogP contribution in [-0.4, -0.2) is 34.3 Å². The van der Waals surface area contributed by atoms with E-state index in [1.165, 1.54) is 0 Å². The van der Waals surface area contributed by atoms with E-state index >= 15 is 0 Å². The predicted octanol–water partition coefficient (Wildman–Crippen LogP) is 5.45. The van der Waals surface area contributed by atoms with Gasteiger partial charge in [-0.05, 0) is 54.1 Å². The van der Waals surface area contributed by atoms with Gasteiger partial charge in [0.2, 0.25) is 5.89 Å². The Labute approximate surface area is 189 Å². The van der Waals surface area contributed by atoms with Crippen LogP contribution < -0.4 is 9.47 Å². The van der Waals surface area contributed by atoms with Crippen molar-refractivity contribution < 1.29 is 23.8 Å². The number of rotatable bonds is 9. The van der Waals surface area contributed by atoms with Gasteiger partial charge in [0.15, 0.2) is 5.58 Å². The summed E-state index contributed by atoms with van der Waals surface area (Å²) < 4.78 is 17.6. The molecule has 0 aliphatic rings. The van der Waals surface area contributed by atoms with Gasteiger partial charge in [-0.1, -0.05) is 18.2 Å². The Balaban J connectivity index is 1.16. The molecule has 0 fully saturated rings. The third-order valence-corrected chi connectivity index (χ3v) is 5.28. The first kappa shape index (κ1) is 20.6. The number of nitrogens with one attached hydrogen (secondary N) is 1. The molecule has 5 aromatic rings. The molecule has 7 nitrogen and oxygen atoms in total. The number of hydrogen-bond acceptors (Lipinski definition) is 5. The molecule has 0 aliphatic carbocycles. The minimum Gasteiger partial charge on any atom is -0.493 e. The van der Waals surface area contributed by atoms with E-state index in [9.17, 15) is 4.79 Å². The third kappa shape index (κ3) is 4.67. The molecule has 0 amide bonds. The Morgan fingerprint density at radius 3 is 2.61 bits per heavy atom. The smallest absolute Gasteiger partial charge is 0.307 e. The van der Waals surface area contributed by atoms with Crippen molar-refractivity contribution in [3.05, 3.63) is 78.5 Å². The van der Waals surface area contributed by atoms with E-state index in [2.05, 4.69) is 9.97 Å². The number of aromatic amines is 1. The second-order valence-electron chi connectivity index (χ2n) is 7.66. The van der Waals surface area contributed by atoms with Crippen molar-refractivity contribution in [1.29, 1.82) is 0 Å². The molecule has 3 aromatic carbocycles. The Bertz CT molecular complexity index is 1390. The second-order valence-corrected chi connectivity index (χ2v) is 7.66. The van der Waals surface area contributed by atoms with Crippen LogP contribution >= 0.6 is 0 Å². The van der Waals surface area contributed by atoms with Crippen LogP contribution in [0.3, 0.4) is 0 Å². The van der Waals surface area contributed by atoms with Crippen LogP contribution in [0, 0.1) is 0 Å². The number of carbonyl (C=O) groups is 1. The topological polar surface area (TPSA) is 97.6 Å². The van der Waals surface area contributed by atoms with Gasteiger partial charge in [-0.15, -0.1) is 0 Å². The van der Waals surface area contributed by atoms with Crippen molar-refractivity contribution in [2.75, 3.05) is 13.2 Å². The lowest BCUT2D eigenvalue weighted by atomic mass is 10.1. The van der Waals surface area contributed by atoms with Crippen molar-refractivity contribution >= 4 is 28.0 Å². The number of H-pyrrole nitrogens is 1. The largest absolute Gasteiger partial charge is 0.493 e. The number of aromatic nitrogens is 2. The summed E-state index contributed by atoms with van der Waals surface area (Å²) >= 11 is 0. The summed E-state index contributed by atoms with van der Waals surface area (Å²) in [5, 5.41) is 9.92. The molecule has 0 bridgehead atoms. The molecule has 0 radical (unpaired) electrons. The number of para-hydroxylation sites is 2. The van der Waals surface area contributed by atoms with E-state index < -0.39 is 5.97 Å². The van der Waals surface area contributed by atoms with Crippen molar-refractivity contribution in [3.8, 4) is 23.0 Å². The zero-order valence-electron chi connectivity index (χ0n) is 17.8. The first-order valence-corrected chi connectivity index (χ1v) is 10.7. The van der Waals surface area contributed by atoms with Crippen LogP contribution in [0.2, 0.25) is 0 Å². The lowest BCUT2D eigenvalue weighted by molar-refractivity contribution is -0.136. The highest BCUT2D eigenvalue weighted by Gasteiger charge is 2.10. The quantitative estimate of drug-likeness (QED) is 0.295. The van der Waals surface area contributed by atoms with Crippen LogP contribution in [0.25, 0.3) is 33.5 Å². The number of benzene rings is 3. The lowest BCUT2D eigenvalue weighted by Crippen LogP contribution is -2.05. The van der Waals surface area contributed by atoms with Crippen LogP contribution in [0.4, 0.5) is 0 Å². The number of carboxylic acid groups (broad SMARTS) is 1. The number of aliphatic carboxylic acids is 1. The minimum atomic E-state index is -0.862. The number of oxazole rings is 1. The Morgan fingerprint density at radius 1 is 0.970 bits per heavy atom. The fourth-order valence-electron chi connectivity index (χ4n) is 3.71. The van der Waals surface area contributed by atoms with Gasteiger partial charge in [-0.2, -0.15) is 0 Å². The van der Waals surface area contributed by atoms with Gasteiger partial charge in [0.25, 0.3) is 0 Å². The summed E-state index contributed by atoms with van der Waals surface area (Å²) in [5.41, 5.74) is 4.07. The van der Waals surface area contributed by atoms with Gasteiger partial charge >= 0.3 is 5.97 Å². The molecule has 166 valence electrons. The van der Waals surface area contributed by atoms with E-state index in [-0.39, 0.29) is 6.42 Å². The number of hydrogen-bond donors (Lipinski definition) is 2. The molecule has 0 unspecified atom stereocenters. The van der Waals surface area contributed by atoms with Gasteiger partial charge < -0.3 is 24.0 Å². The Morgan fingerprint density at radius 2 is 1.79 bits per heavy atom. The highest BCUT2D eigenvalue weighted by Crippen LogP contribution is 2.27. The summed E-state index contributed by atoms with van der Waals surface area (Å²) in [6, 6.07) is 21.0. The van der Waals surface area contributed by atoms with E-state index in [1.807, 2.05) is 66.7 Å². The van der Waals surface area contributed by atoms with Crippen molar-refractivity contribution in [2.45, 2.75) is 12.8 Å². The normalized spacial score (nSPS) is 11.2. The number of carboxylic acids is 1. The fourth-order valence-corrected chi connectivity index (χ4v) is 3.71. The van der Waals surface area contributed by atoms with Gasteiger partial charge in [-0.25, -0.2) is 4.98 Å². The summed E-state index contributed by atoms with van der Waals surface area (Å²) in [4.78, 5) is 18.7. The molecule has 5 rings (SSSR count). The molecule has 7 heteroatoms. The molecule has 33 heavy (non-hydrogen) atoms. The Hall–Kier alpha value is -4.26. The summed E-state index contributed by atoms with van der Waals surface area (Å²) in [6.07, 6.45) is 2.39. The van der Waals surface area contributed by atoms with Crippen LogP contribution in [0.15, 0.2) is 77.3 Å². The minimum absolute atomic E-state index is 0.0279. The second kappa shape index (κ2) is 9.08. The molecule has 2 aromatic heterocycles. The number of ether oxygens (including phenoxy) is 2. The zero-order chi connectivity index (χ0) is 22.6. The highest BCUT2D eigenvalue weighted by atomic mass is 16.5. The molecule has 0 spiro atoms. The average Bonchev–Trinajstić information content (AvgIpc) is 3.43. The maximum Gasteiger partial charge on any atom is 0.307 e. The van der Waals surface area contributed by atoms with Gasteiger partial charge in [0.05, 0.1) is 19.6 Å². The molecular weight excluding hydrogens is 420 g/mol. The predicted molar refractivity (Wildman–Crippen MR) is 125 cm³/mol. The van der Waals surface area contributed by atoms with E-state index in [0.717, 1.165) is 38.9 Å². The molecule has 0 saturated heterocycles. The van der Waals surface area contributed by atoms with E-state index in [4.69, 9.17) is 19.0 Å². The zero-order valence-corrected chi connectivity index (χ0v) is 17.8. The van der Waals surface area contributed by atoms with Crippen molar-refractivity contribution in [3.63, 3.8) is 0 Å². The molecule has 0 atom stereocenters. The SMILES string of the molecule is O=C(O)Cc1c[nH]c2ccc(OCCCOc3cccc(-c4nc5ccccc5o4)c3)cc12. The van der Waals surface area contributed by atoms with Crippen molar-refractivity contribution in [2.24, 2.45) is 0 Å². The van der Waals surface area contributed by atoms with E-state index in [0.29, 0.717) is 31.3 Å². The maximum atomic E-state index is 11.0. The van der Waals surface area contributed by atoms with Crippen molar-refractivity contribution in [1.82, 2.24) is 9.97 Å². The van der Waals surface area contributed by atoms with Gasteiger partial charge in [0, 0.05) is 29.1 Å². The molecule has 0 saturated carbocycles. The molecule has 0 aliphatic heterocycles. The van der Waals surface area contributed by atoms with Crippen LogP contribution in [0.1, 0.15) is 12.0 Å². The average molecular weight is 442 g/mol. The molecular formula is C26H22N2O5. The molecule has 2 heterocycles. The summed E-state index contributed by atoms with van der Waals surface area (Å²) in [6.45, 7) is 0.975. The van der Waals surface area contributed by atoms with E-state index in [1.54, 1.807) is 6.20 Å².